The van der Waals surface area contributed by atoms with Crippen LogP contribution in [0.2, 0.25) is 8.67 Å². The third kappa shape index (κ3) is 3.68. The summed E-state index contributed by atoms with van der Waals surface area (Å²) in [5, 5.41) is 3.28. The Balaban J connectivity index is 2.31. The largest absolute Gasteiger partial charge is 0.496 e. The summed E-state index contributed by atoms with van der Waals surface area (Å²) in [7, 11) is 3.59. The maximum atomic E-state index is 6.24. The molecule has 1 heterocycles. The van der Waals surface area contributed by atoms with Crippen LogP contribution in [0.5, 0.6) is 5.75 Å². The summed E-state index contributed by atoms with van der Waals surface area (Å²) >= 11 is 17.1. The van der Waals surface area contributed by atoms with E-state index in [9.17, 15) is 0 Å². The molecule has 20 heavy (non-hydrogen) atoms. The highest BCUT2D eigenvalue weighted by Crippen LogP contribution is 2.37. The molecule has 0 aliphatic rings. The van der Waals surface area contributed by atoms with Crippen LogP contribution in [0.1, 0.15) is 17.2 Å². The van der Waals surface area contributed by atoms with E-state index in [1.165, 1.54) is 11.3 Å². The molecule has 1 N–H and O–H groups in total. The zero-order valence-corrected chi connectivity index (χ0v) is 15.0. The molecule has 1 atom stereocenters. The molecule has 0 amide bonds. The molecule has 1 aromatic carbocycles. The van der Waals surface area contributed by atoms with Crippen molar-refractivity contribution in [2.45, 2.75) is 12.5 Å². The Morgan fingerprint density at radius 2 is 2.10 bits per heavy atom. The molecule has 0 fully saturated rings. The van der Waals surface area contributed by atoms with Crippen LogP contribution >= 0.6 is 50.5 Å². The second-order valence-electron chi connectivity index (χ2n) is 4.28. The van der Waals surface area contributed by atoms with Crippen molar-refractivity contribution < 1.29 is 4.74 Å². The normalized spacial score (nSPS) is 12.4. The van der Waals surface area contributed by atoms with Crippen LogP contribution in [0.15, 0.2) is 28.7 Å². The third-order valence-corrected chi connectivity index (χ3v) is 5.08. The molecule has 2 rings (SSSR count). The average Bonchev–Trinajstić information content (AvgIpc) is 2.75. The van der Waals surface area contributed by atoms with Gasteiger partial charge in [-0.05, 0) is 43.3 Å². The van der Waals surface area contributed by atoms with Crippen molar-refractivity contribution in [3.05, 3.63) is 48.5 Å². The minimum Gasteiger partial charge on any atom is -0.496 e. The van der Waals surface area contributed by atoms with Gasteiger partial charge in [-0.15, -0.1) is 11.3 Å². The number of nitrogens with one attached hydrogen (secondary N) is 1. The fourth-order valence-electron chi connectivity index (χ4n) is 2.08. The fraction of sp³-hybridized carbons (Fsp3) is 0.286. The first kappa shape index (κ1) is 16.1. The summed E-state index contributed by atoms with van der Waals surface area (Å²) in [6.45, 7) is 0. The number of hydrogen-bond donors (Lipinski definition) is 1. The number of halogens is 3. The van der Waals surface area contributed by atoms with E-state index in [4.69, 9.17) is 27.9 Å². The van der Waals surface area contributed by atoms with E-state index < -0.39 is 0 Å². The standard InChI is InChI=1S/C14H14BrCl2NOS/c1-18-11(10-7-13(16)20-14(10)17)6-8-5-9(15)3-4-12(8)19-2/h3-5,7,11,18H,6H2,1-2H3. The molecule has 2 nitrogen and oxygen atoms in total. The highest BCUT2D eigenvalue weighted by molar-refractivity contribution is 9.10. The minimum absolute atomic E-state index is 0.0921. The Kier molecular flexibility index (Phi) is 5.75. The molecular weight excluding hydrogens is 381 g/mol. The van der Waals surface area contributed by atoms with Gasteiger partial charge in [0.2, 0.25) is 0 Å². The van der Waals surface area contributed by atoms with E-state index in [1.807, 2.05) is 25.2 Å². The van der Waals surface area contributed by atoms with Crippen LogP contribution < -0.4 is 10.1 Å². The lowest BCUT2D eigenvalue weighted by Gasteiger charge is -2.18. The van der Waals surface area contributed by atoms with Gasteiger partial charge >= 0.3 is 0 Å². The maximum Gasteiger partial charge on any atom is 0.122 e. The van der Waals surface area contributed by atoms with Crippen molar-refractivity contribution in [2.24, 2.45) is 0 Å². The van der Waals surface area contributed by atoms with Crippen LogP contribution in [0.4, 0.5) is 0 Å². The number of thiophene rings is 1. The van der Waals surface area contributed by atoms with E-state index in [2.05, 4.69) is 27.3 Å². The SMILES string of the molecule is CNC(Cc1cc(Br)ccc1OC)c1cc(Cl)sc1Cl. The van der Waals surface area contributed by atoms with E-state index in [0.717, 1.165) is 32.1 Å². The molecule has 108 valence electrons. The van der Waals surface area contributed by atoms with Gasteiger partial charge in [-0.1, -0.05) is 39.1 Å². The molecule has 0 radical (unpaired) electrons. The molecule has 0 aliphatic heterocycles. The van der Waals surface area contributed by atoms with Crippen LogP contribution in [0.3, 0.4) is 0 Å². The number of methoxy groups -OCH3 is 1. The molecule has 6 heteroatoms. The van der Waals surface area contributed by atoms with Crippen molar-refractivity contribution in [2.75, 3.05) is 14.2 Å². The summed E-state index contributed by atoms with van der Waals surface area (Å²) in [5.41, 5.74) is 2.13. The number of hydrogen-bond acceptors (Lipinski definition) is 3. The first-order valence-corrected chi connectivity index (χ1v) is 8.36. The summed E-state index contributed by atoms with van der Waals surface area (Å²) < 4.78 is 7.86. The Morgan fingerprint density at radius 3 is 2.65 bits per heavy atom. The second kappa shape index (κ2) is 7.14. The quantitative estimate of drug-likeness (QED) is 0.739. The smallest absolute Gasteiger partial charge is 0.122 e. The predicted octanol–water partition coefficient (Wildman–Crippen LogP) is 5.33. The van der Waals surface area contributed by atoms with E-state index in [-0.39, 0.29) is 6.04 Å². The van der Waals surface area contributed by atoms with E-state index in [1.54, 1.807) is 7.11 Å². The topological polar surface area (TPSA) is 21.3 Å². The molecule has 2 aromatic rings. The second-order valence-corrected chi connectivity index (χ2v) is 7.48. The molecular formula is C14H14BrCl2NOS. The van der Waals surface area contributed by atoms with Crippen molar-refractivity contribution in [1.82, 2.24) is 5.32 Å². The predicted molar refractivity (Wildman–Crippen MR) is 90.5 cm³/mol. The van der Waals surface area contributed by atoms with Gasteiger partial charge in [-0.25, -0.2) is 0 Å². The molecule has 1 aromatic heterocycles. The van der Waals surface area contributed by atoms with E-state index >= 15 is 0 Å². The number of rotatable bonds is 5. The third-order valence-electron chi connectivity index (χ3n) is 3.07. The van der Waals surface area contributed by atoms with Gasteiger partial charge < -0.3 is 10.1 Å². The highest BCUT2D eigenvalue weighted by Gasteiger charge is 2.18. The van der Waals surface area contributed by atoms with Gasteiger partial charge in [0, 0.05) is 16.1 Å². The Labute approximate surface area is 141 Å². The van der Waals surface area contributed by atoms with Crippen LogP contribution in [-0.4, -0.2) is 14.2 Å². The van der Waals surface area contributed by atoms with E-state index in [0.29, 0.717) is 4.34 Å². The van der Waals surface area contributed by atoms with Gasteiger partial charge in [0.25, 0.3) is 0 Å². The Bertz CT molecular complexity index is 603. The number of ether oxygens (including phenoxy) is 1. The summed E-state index contributed by atoms with van der Waals surface area (Å²) in [6, 6.07) is 7.99. The summed E-state index contributed by atoms with van der Waals surface area (Å²) in [4.78, 5) is 0. The first-order chi connectivity index (χ1) is 9.55. The summed E-state index contributed by atoms with van der Waals surface area (Å²) in [6.07, 6.45) is 0.770. The molecule has 0 saturated heterocycles. The zero-order valence-electron chi connectivity index (χ0n) is 11.0. The van der Waals surface area contributed by atoms with Crippen molar-refractivity contribution in [1.29, 1.82) is 0 Å². The van der Waals surface area contributed by atoms with Crippen LogP contribution in [0.25, 0.3) is 0 Å². The number of benzene rings is 1. The molecule has 0 saturated carbocycles. The number of likely N-dealkylation sites (N-methyl/N-ethyl adjacent to an activating group) is 1. The molecule has 0 spiro atoms. The maximum absolute atomic E-state index is 6.24. The molecule has 0 bridgehead atoms. The Hall–Kier alpha value is -0.260. The van der Waals surface area contributed by atoms with Crippen molar-refractivity contribution in [3.63, 3.8) is 0 Å². The Morgan fingerprint density at radius 1 is 1.35 bits per heavy atom. The van der Waals surface area contributed by atoms with Gasteiger partial charge in [-0.2, -0.15) is 0 Å². The minimum atomic E-state index is 0.0921. The molecule has 1 unspecified atom stereocenters. The van der Waals surface area contributed by atoms with Crippen molar-refractivity contribution in [3.8, 4) is 5.75 Å². The lowest BCUT2D eigenvalue weighted by Crippen LogP contribution is -2.18. The van der Waals surface area contributed by atoms with Gasteiger partial charge in [-0.3, -0.25) is 0 Å². The first-order valence-electron chi connectivity index (χ1n) is 5.99. The summed E-state index contributed by atoms with van der Waals surface area (Å²) in [5.74, 6) is 0.867. The van der Waals surface area contributed by atoms with Gasteiger partial charge in [0.05, 0.1) is 15.8 Å². The van der Waals surface area contributed by atoms with Crippen molar-refractivity contribution >= 4 is 50.5 Å². The average molecular weight is 395 g/mol. The lowest BCUT2D eigenvalue weighted by molar-refractivity contribution is 0.406. The zero-order chi connectivity index (χ0) is 14.7. The highest BCUT2D eigenvalue weighted by atomic mass is 79.9. The van der Waals surface area contributed by atoms with Crippen LogP contribution in [0, 0.1) is 0 Å². The van der Waals surface area contributed by atoms with Gasteiger partial charge in [0.1, 0.15) is 5.75 Å². The lowest BCUT2D eigenvalue weighted by atomic mass is 10.0. The van der Waals surface area contributed by atoms with Crippen LogP contribution in [-0.2, 0) is 6.42 Å². The molecule has 0 aliphatic carbocycles. The monoisotopic (exact) mass is 393 g/mol. The fourth-order valence-corrected chi connectivity index (χ4v) is 4.07. The van der Waals surface area contributed by atoms with Gasteiger partial charge in [0.15, 0.2) is 0 Å².